The maximum absolute atomic E-state index is 13.5. The van der Waals surface area contributed by atoms with Crippen molar-refractivity contribution >= 4 is 19.7 Å². The highest BCUT2D eigenvalue weighted by atomic mass is 31.2. The minimum Gasteiger partial charge on any atom is -0.456 e. The highest BCUT2D eigenvalue weighted by Gasteiger charge is 2.30. The van der Waals surface area contributed by atoms with Gasteiger partial charge in [-0.2, -0.15) is 0 Å². The first-order valence-corrected chi connectivity index (χ1v) is 30.5. The minimum absolute atomic E-state index is 0.0371. The smallest absolute Gasteiger partial charge is 0.456 e. The normalized spacial score (nSPS) is 14.1. The van der Waals surface area contributed by atoms with E-state index >= 15 is 0 Å². The number of rotatable bonds is 52. The van der Waals surface area contributed by atoms with E-state index < -0.39 is 20.0 Å². The molecule has 0 aliphatic heterocycles. The molecule has 0 aromatic carbocycles. The molecule has 69 heavy (non-hydrogen) atoms. The fourth-order valence-corrected chi connectivity index (χ4v) is 8.95. The Morgan fingerprint density at radius 3 is 1.36 bits per heavy atom. The van der Waals surface area contributed by atoms with Crippen molar-refractivity contribution < 1.29 is 37.3 Å². The summed E-state index contributed by atoms with van der Waals surface area (Å²) in [5.41, 5.74) is 0. The number of carbonyl (C=O) groups is 2. The molecule has 0 saturated carbocycles. The fraction of sp³-hybridized carbons (Fsp3) is 0.831. The van der Waals surface area contributed by atoms with Crippen molar-refractivity contribution in [3.8, 4) is 0 Å². The predicted octanol–water partition coefficient (Wildman–Crippen LogP) is 17.3. The number of likely N-dealkylation sites (N-methyl/N-ethyl adjacent to an activating group) is 1. The van der Waals surface area contributed by atoms with Gasteiger partial charge < -0.3 is 19.4 Å². The highest BCUT2D eigenvalue weighted by Crippen LogP contribution is 2.43. The molecule has 3 atom stereocenters. The van der Waals surface area contributed by atoms with Crippen LogP contribution in [0.2, 0.25) is 0 Å². The van der Waals surface area contributed by atoms with Crippen LogP contribution in [-0.4, -0.2) is 74.3 Å². The van der Waals surface area contributed by atoms with Crippen LogP contribution in [0, 0.1) is 0 Å². The van der Waals surface area contributed by atoms with Crippen LogP contribution in [0.25, 0.3) is 0 Å². The lowest BCUT2D eigenvalue weighted by atomic mass is 10.0. The molecule has 1 amide bonds. The van der Waals surface area contributed by atoms with E-state index in [0.29, 0.717) is 17.4 Å². The van der Waals surface area contributed by atoms with Gasteiger partial charge in [-0.15, -0.1) is 0 Å². The molecule has 0 fully saturated rings. The van der Waals surface area contributed by atoms with Gasteiger partial charge in [-0.1, -0.05) is 217 Å². The Morgan fingerprint density at radius 2 is 0.884 bits per heavy atom. The van der Waals surface area contributed by atoms with Gasteiger partial charge >= 0.3 is 13.8 Å². The molecule has 0 aliphatic rings. The second-order valence-corrected chi connectivity index (χ2v) is 22.3. The molecular formula is C59H112N2O7P+. The summed E-state index contributed by atoms with van der Waals surface area (Å²) < 4.78 is 30.6. The quantitative estimate of drug-likeness (QED) is 0.0156. The summed E-state index contributed by atoms with van der Waals surface area (Å²) in [5, 5.41) is 3.04. The van der Waals surface area contributed by atoms with Gasteiger partial charge in [-0.05, 0) is 83.1 Å². The van der Waals surface area contributed by atoms with E-state index in [-0.39, 0.29) is 31.5 Å². The first kappa shape index (κ1) is 67.0. The van der Waals surface area contributed by atoms with Crippen LogP contribution in [0.4, 0.5) is 0 Å². The molecule has 0 saturated heterocycles. The predicted molar refractivity (Wildman–Crippen MR) is 295 cm³/mol. The molecule has 0 rings (SSSR count). The third-order valence-corrected chi connectivity index (χ3v) is 13.8. The second-order valence-electron chi connectivity index (χ2n) is 20.8. The number of nitrogens with one attached hydrogen (secondary N) is 1. The van der Waals surface area contributed by atoms with Gasteiger partial charge in [-0.25, -0.2) is 4.57 Å². The van der Waals surface area contributed by atoms with E-state index in [1.54, 1.807) is 0 Å². The Morgan fingerprint density at radius 1 is 0.507 bits per heavy atom. The molecule has 3 unspecified atom stereocenters. The largest absolute Gasteiger partial charge is 0.472 e. The third-order valence-electron chi connectivity index (χ3n) is 12.8. The van der Waals surface area contributed by atoms with Crippen LogP contribution in [0.5, 0.6) is 0 Å². The topological polar surface area (TPSA) is 111 Å². The Kier molecular flexibility index (Phi) is 48.1. The van der Waals surface area contributed by atoms with Crippen LogP contribution in [0.3, 0.4) is 0 Å². The number of amides is 1. The summed E-state index contributed by atoms with van der Waals surface area (Å²) >= 11 is 0. The molecule has 404 valence electrons. The summed E-state index contributed by atoms with van der Waals surface area (Å²) in [5.74, 6) is -0.519. The van der Waals surface area contributed by atoms with Gasteiger partial charge in [0.05, 0.1) is 33.8 Å². The van der Waals surface area contributed by atoms with Crippen molar-refractivity contribution in [1.29, 1.82) is 0 Å². The molecule has 0 radical (unpaired) electrons. The molecule has 2 N–H and O–H groups in total. The number of hydrogen-bond donors (Lipinski definition) is 2. The Balaban J connectivity index is 5.39. The van der Waals surface area contributed by atoms with Crippen LogP contribution in [0.1, 0.15) is 265 Å². The Labute approximate surface area is 427 Å². The maximum Gasteiger partial charge on any atom is 0.472 e. The van der Waals surface area contributed by atoms with Crippen molar-refractivity contribution in [1.82, 2.24) is 5.32 Å². The lowest BCUT2D eigenvalue weighted by Crippen LogP contribution is -2.47. The zero-order valence-corrected chi connectivity index (χ0v) is 47.0. The number of quaternary nitrogens is 1. The molecule has 0 heterocycles. The van der Waals surface area contributed by atoms with Crippen LogP contribution in [-0.2, 0) is 27.9 Å². The van der Waals surface area contributed by atoms with Crippen molar-refractivity contribution in [2.75, 3.05) is 40.9 Å². The monoisotopic (exact) mass is 992 g/mol. The fourth-order valence-electron chi connectivity index (χ4n) is 8.22. The van der Waals surface area contributed by atoms with Crippen LogP contribution >= 0.6 is 7.82 Å². The molecule has 9 nitrogen and oxygen atoms in total. The van der Waals surface area contributed by atoms with E-state index in [1.165, 1.54) is 148 Å². The number of allylic oxidation sites excluding steroid dienone is 7. The third kappa shape index (κ3) is 50.7. The standard InChI is InChI=1S/C59H111N2O7P/c1-7-10-13-16-19-22-25-28-30-33-36-39-42-45-48-51-58(62)60-56(55-67-69(64,65)66-54-53-61(4,5)6)57(50-47-44-41-38-35-32-27-24-21-18-15-12-9-3)68-59(63)52-49-46-43-40-37-34-31-29-26-23-20-17-14-11-8-2/h19,22-23,25-26,28,47,50,56-57H,7-18,20-21,24,27,29-46,48-49,51-55H2,1-6H3,(H-,60,62,64,65)/p+1/b22-19+,26-23-,28-25+,50-47+. The Hall–Kier alpha value is -2.03. The number of nitrogens with zero attached hydrogens (tertiary/aromatic N) is 1. The average molecular weight is 993 g/mol. The van der Waals surface area contributed by atoms with Gasteiger partial charge in [0, 0.05) is 12.8 Å². The van der Waals surface area contributed by atoms with Crippen molar-refractivity contribution in [2.45, 2.75) is 277 Å². The van der Waals surface area contributed by atoms with E-state index in [1.807, 2.05) is 33.3 Å². The zero-order valence-electron chi connectivity index (χ0n) is 46.1. The minimum atomic E-state index is -4.45. The van der Waals surface area contributed by atoms with Crippen molar-refractivity contribution in [3.63, 3.8) is 0 Å². The van der Waals surface area contributed by atoms with Gasteiger partial charge in [0.15, 0.2) is 0 Å². The summed E-state index contributed by atoms with van der Waals surface area (Å²) in [6.07, 6.45) is 59.5. The van der Waals surface area contributed by atoms with E-state index in [4.69, 9.17) is 13.8 Å². The maximum atomic E-state index is 13.5. The molecule has 0 aromatic rings. The summed E-state index contributed by atoms with van der Waals surface area (Å²) in [6, 6.07) is -0.854. The molecule has 0 aliphatic carbocycles. The molecular weight excluding hydrogens is 880 g/mol. The molecule has 0 spiro atoms. The molecule has 10 heteroatoms. The SMILES string of the molecule is CCCCC/C=C/C=C/CCCCCCCCC(=O)NC(COP(=O)(O)OCC[N+](C)(C)C)C(/C=C/CCCCCCCCCCCCC)OC(=O)CCCCCCCCC/C=C\CCCCCC. The van der Waals surface area contributed by atoms with Crippen LogP contribution < -0.4 is 5.32 Å². The zero-order chi connectivity index (χ0) is 50.8. The van der Waals surface area contributed by atoms with Crippen LogP contribution in [0.15, 0.2) is 48.6 Å². The van der Waals surface area contributed by atoms with E-state index in [9.17, 15) is 19.0 Å². The summed E-state index contributed by atoms with van der Waals surface area (Å²) in [7, 11) is 1.49. The van der Waals surface area contributed by atoms with Gasteiger partial charge in [0.25, 0.3) is 0 Å². The number of ether oxygens (including phenoxy) is 1. The molecule has 0 bridgehead atoms. The van der Waals surface area contributed by atoms with E-state index in [0.717, 1.165) is 83.5 Å². The number of unbranched alkanes of at least 4 members (excludes halogenated alkanes) is 31. The summed E-state index contributed by atoms with van der Waals surface area (Å²) in [6.45, 7) is 6.97. The number of carbonyl (C=O) groups excluding carboxylic acids is 2. The first-order chi connectivity index (χ1) is 33.4. The van der Waals surface area contributed by atoms with Gasteiger partial charge in [0.2, 0.25) is 5.91 Å². The summed E-state index contributed by atoms with van der Waals surface area (Å²) in [4.78, 5) is 37.6. The van der Waals surface area contributed by atoms with Gasteiger partial charge in [0.1, 0.15) is 19.3 Å². The van der Waals surface area contributed by atoms with E-state index in [2.05, 4.69) is 62.5 Å². The van der Waals surface area contributed by atoms with Gasteiger partial charge in [-0.3, -0.25) is 18.6 Å². The number of hydrogen-bond acceptors (Lipinski definition) is 6. The number of esters is 1. The van der Waals surface area contributed by atoms with Crippen molar-refractivity contribution in [3.05, 3.63) is 48.6 Å². The van der Waals surface area contributed by atoms with Crippen molar-refractivity contribution in [2.24, 2.45) is 0 Å². The molecule has 0 aromatic heterocycles. The average Bonchev–Trinajstić information content (AvgIpc) is 3.31. The first-order valence-electron chi connectivity index (χ1n) is 29.0. The number of phosphoric acid groups is 1. The lowest BCUT2D eigenvalue weighted by molar-refractivity contribution is -0.870. The lowest BCUT2D eigenvalue weighted by Gasteiger charge is -2.27. The second kappa shape index (κ2) is 49.5. The highest BCUT2D eigenvalue weighted by molar-refractivity contribution is 7.47. The Bertz CT molecular complexity index is 1330. The number of phosphoric ester groups is 1.